The normalized spacial score (nSPS) is 11.0. The lowest BCUT2D eigenvalue weighted by Crippen LogP contribution is -2.24. The average Bonchev–Trinajstić information content (AvgIpc) is 3.46. The number of nitrogens with zero attached hydrogens (tertiary/aromatic N) is 7. The molecule has 0 fully saturated rings. The van der Waals surface area contributed by atoms with Gasteiger partial charge in [0.05, 0.1) is 25.1 Å². The van der Waals surface area contributed by atoms with Gasteiger partial charge in [-0.15, -0.1) is 5.10 Å². The second-order valence-corrected chi connectivity index (χ2v) is 7.13. The number of benzene rings is 2. The second-order valence-electron chi connectivity index (χ2n) is 7.13. The zero-order chi connectivity index (χ0) is 23.9. The van der Waals surface area contributed by atoms with Crippen molar-refractivity contribution in [2.45, 2.75) is 13.5 Å². The molecule has 0 aliphatic rings. The van der Waals surface area contributed by atoms with Crippen LogP contribution in [-0.4, -0.2) is 51.1 Å². The van der Waals surface area contributed by atoms with Gasteiger partial charge in [0.15, 0.2) is 5.69 Å². The fraction of sp³-hybridized carbons (Fsp3) is 0.182. The molecule has 0 aliphatic heterocycles. The highest BCUT2D eigenvalue weighted by Gasteiger charge is 2.25. The third-order valence-corrected chi connectivity index (χ3v) is 4.85. The molecule has 0 spiro atoms. The Morgan fingerprint density at radius 1 is 1.21 bits per heavy atom. The summed E-state index contributed by atoms with van der Waals surface area (Å²) < 4.78 is 11.6. The van der Waals surface area contributed by atoms with E-state index in [1.807, 2.05) is 73.5 Å². The van der Waals surface area contributed by atoms with Gasteiger partial charge >= 0.3 is 0 Å². The Morgan fingerprint density at radius 3 is 2.71 bits per heavy atom. The monoisotopic (exact) mass is 461 g/mol. The summed E-state index contributed by atoms with van der Waals surface area (Å²) in [4.78, 5) is 14.9. The predicted molar refractivity (Wildman–Crippen MR) is 125 cm³/mol. The molecule has 4 aromatic rings. The Hall–Kier alpha value is -4.74. The third-order valence-electron chi connectivity index (χ3n) is 4.85. The number of rotatable bonds is 9. The van der Waals surface area contributed by atoms with Gasteiger partial charge in [0.25, 0.3) is 5.91 Å². The molecule has 2 heterocycles. The van der Waals surface area contributed by atoms with E-state index in [0.29, 0.717) is 18.1 Å². The molecule has 2 aromatic heterocycles. The van der Waals surface area contributed by atoms with Crippen LogP contribution in [0.15, 0.2) is 64.3 Å². The molecule has 0 radical (unpaired) electrons. The topological polar surface area (TPSA) is 150 Å². The molecule has 34 heavy (non-hydrogen) atoms. The molecule has 4 rings (SSSR count). The summed E-state index contributed by atoms with van der Waals surface area (Å²) in [7, 11) is 1.88. The van der Waals surface area contributed by atoms with Crippen LogP contribution in [0.1, 0.15) is 28.7 Å². The first kappa shape index (κ1) is 22.5. The minimum Gasteiger partial charge on any atom is -0.493 e. The number of anilines is 2. The van der Waals surface area contributed by atoms with E-state index in [1.54, 1.807) is 0 Å². The van der Waals surface area contributed by atoms with Gasteiger partial charge in [-0.3, -0.25) is 4.79 Å². The van der Waals surface area contributed by atoms with Gasteiger partial charge in [-0.2, -0.15) is 9.78 Å². The maximum atomic E-state index is 13.0. The van der Waals surface area contributed by atoms with Gasteiger partial charge in [0.1, 0.15) is 5.75 Å². The summed E-state index contributed by atoms with van der Waals surface area (Å²) in [6, 6.07) is 17.0. The van der Waals surface area contributed by atoms with Crippen molar-refractivity contribution in [3.05, 3.63) is 71.5 Å². The molecule has 1 amide bonds. The molecule has 0 bridgehead atoms. The first-order chi connectivity index (χ1) is 16.6. The van der Waals surface area contributed by atoms with E-state index in [4.69, 9.17) is 15.1 Å². The van der Waals surface area contributed by atoms with Gasteiger partial charge < -0.3 is 15.4 Å². The largest absolute Gasteiger partial charge is 0.493 e. The standard InChI is InChI=1S/C22H23N9O3/c1-3-33-18-12-8-7-9-15(18)13-24-26-22(32)19-17(14-30(2)16-10-5-4-6-11-16)31(29-25-19)21-20(23)27-34-28-21/h4-13H,3,14H2,1-2H3,(H2,23,27)(H,26,32). The summed E-state index contributed by atoms with van der Waals surface area (Å²) in [5, 5.41) is 19.5. The number of aromatic nitrogens is 5. The number of nitrogen functional groups attached to an aromatic ring is 1. The number of amides is 1. The van der Waals surface area contributed by atoms with E-state index in [2.05, 4.69) is 31.2 Å². The molecule has 0 saturated heterocycles. The Balaban J connectivity index is 1.60. The summed E-state index contributed by atoms with van der Waals surface area (Å²) in [5.41, 5.74) is 10.5. The lowest BCUT2D eigenvalue weighted by Gasteiger charge is -2.19. The highest BCUT2D eigenvalue weighted by molar-refractivity contribution is 5.94. The first-order valence-electron chi connectivity index (χ1n) is 10.4. The van der Waals surface area contributed by atoms with E-state index >= 15 is 0 Å². The molecule has 12 heteroatoms. The highest BCUT2D eigenvalue weighted by Crippen LogP contribution is 2.20. The van der Waals surface area contributed by atoms with E-state index in [0.717, 1.165) is 11.3 Å². The van der Waals surface area contributed by atoms with Crippen LogP contribution in [0, 0.1) is 0 Å². The predicted octanol–water partition coefficient (Wildman–Crippen LogP) is 2.03. The maximum absolute atomic E-state index is 13.0. The zero-order valence-corrected chi connectivity index (χ0v) is 18.6. The Labute approximate surface area is 195 Å². The van der Waals surface area contributed by atoms with E-state index in [9.17, 15) is 4.79 Å². The van der Waals surface area contributed by atoms with Crippen molar-refractivity contribution < 1.29 is 14.2 Å². The number of nitrogens with one attached hydrogen (secondary N) is 1. The fourth-order valence-corrected chi connectivity index (χ4v) is 3.21. The van der Waals surface area contributed by atoms with Crippen molar-refractivity contribution in [3.8, 4) is 11.6 Å². The molecule has 0 saturated carbocycles. The highest BCUT2D eigenvalue weighted by atomic mass is 16.6. The average molecular weight is 461 g/mol. The van der Waals surface area contributed by atoms with Crippen LogP contribution in [0.25, 0.3) is 5.82 Å². The van der Waals surface area contributed by atoms with Crippen molar-refractivity contribution in [1.82, 2.24) is 30.7 Å². The lowest BCUT2D eigenvalue weighted by molar-refractivity contribution is 0.0949. The molecule has 12 nitrogen and oxygen atoms in total. The van der Waals surface area contributed by atoms with Gasteiger partial charge in [0, 0.05) is 18.3 Å². The van der Waals surface area contributed by atoms with Crippen LogP contribution >= 0.6 is 0 Å². The number of hydrogen-bond acceptors (Lipinski definition) is 10. The Bertz CT molecular complexity index is 1280. The molecule has 3 N–H and O–H groups in total. The van der Waals surface area contributed by atoms with Crippen LogP contribution < -0.4 is 20.8 Å². The number of ether oxygens (including phenoxy) is 1. The Kier molecular flexibility index (Phi) is 6.77. The molecule has 0 atom stereocenters. The SMILES string of the molecule is CCOc1ccccc1C=NNC(=O)c1nnn(-c2nonc2N)c1CN(C)c1ccccc1. The molecule has 0 aliphatic carbocycles. The summed E-state index contributed by atoms with van der Waals surface area (Å²) in [6.45, 7) is 2.67. The van der Waals surface area contributed by atoms with Gasteiger partial charge in [-0.25, -0.2) is 10.1 Å². The quantitative estimate of drug-likeness (QED) is 0.282. The maximum Gasteiger partial charge on any atom is 0.293 e. The minimum atomic E-state index is -0.553. The second kappa shape index (κ2) is 10.3. The number of hydrazone groups is 1. The number of hydrogen-bond donors (Lipinski definition) is 2. The summed E-state index contributed by atoms with van der Waals surface area (Å²) in [6.07, 6.45) is 1.50. The van der Waals surface area contributed by atoms with Crippen LogP contribution in [0.5, 0.6) is 5.75 Å². The van der Waals surface area contributed by atoms with Crippen LogP contribution in [-0.2, 0) is 6.54 Å². The number of para-hydroxylation sites is 2. The first-order valence-corrected chi connectivity index (χ1v) is 10.4. The fourth-order valence-electron chi connectivity index (χ4n) is 3.21. The van der Waals surface area contributed by atoms with Gasteiger partial charge in [0.2, 0.25) is 11.6 Å². The van der Waals surface area contributed by atoms with Crippen molar-refractivity contribution >= 4 is 23.6 Å². The molecular formula is C22H23N9O3. The smallest absolute Gasteiger partial charge is 0.293 e. The van der Waals surface area contributed by atoms with Crippen molar-refractivity contribution in [3.63, 3.8) is 0 Å². The number of carbonyl (C=O) groups is 1. The van der Waals surface area contributed by atoms with Crippen molar-refractivity contribution in [2.24, 2.45) is 5.10 Å². The number of nitrogens with two attached hydrogens (primary N) is 1. The molecule has 0 unspecified atom stereocenters. The third kappa shape index (κ3) is 4.85. The lowest BCUT2D eigenvalue weighted by atomic mass is 10.2. The summed E-state index contributed by atoms with van der Waals surface area (Å²) >= 11 is 0. The van der Waals surface area contributed by atoms with Crippen molar-refractivity contribution in [2.75, 3.05) is 24.3 Å². The van der Waals surface area contributed by atoms with Gasteiger partial charge in [-0.05, 0) is 41.5 Å². The van der Waals surface area contributed by atoms with Crippen molar-refractivity contribution in [1.29, 1.82) is 0 Å². The van der Waals surface area contributed by atoms with Crippen LogP contribution in [0.4, 0.5) is 11.5 Å². The van der Waals surface area contributed by atoms with Crippen LogP contribution in [0.3, 0.4) is 0 Å². The van der Waals surface area contributed by atoms with E-state index < -0.39 is 5.91 Å². The van der Waals surface area contributed by atoms with Gasteiger partial charge in [-0.1, -0.05) is 35.5 Å². The van der Waals surface area contributed by atoms with E-state index in [-0.39, 0.29) is 23.9 Å². The van der Waals surface area contributed by atoms with E-state index in [1.165, 1.54) is 10.9 Å². The molecule has 2 aromatic carbocycles. The molecular weight excluding hydrogens is 438 g/mol. The zero-order valence-electron chi connectivity index (χ0n) is 18.6. The summed E-state index contributed by atoms with van der Waals surface area (Å²) in [5.74, 6) is 0.263. The number of carbonyl (C=O) groups excluding carboxylic acids is 1. The molecule has 174 valence electrons. The Morgan fingerprint density at radius 2 is 1.97 bits per heavy atom. The minimum absolute atomic E-state index is 0.0195. The van der Waals surface area contributed by atoms with Crippen LogP contribution in [0.2, 0.25) is 0 Å².